The number of unbranched alkanes of at least 4 members (excludes halogenated alkanes) is 4. The quantitative estimate of drug-likeness (QED) is 0.223. The Labute approximate surface area is 153 Å². The van der Waals surface area contributed by atoms with Crippen molar-refractivity contribution in [2.24, 2.45) is 0 Å². The number of carbonyl (C=O) groups excluding carboxylic acids is 2. The number of benzene rings is 1. The predicted octanol–water partition coefficient (Wildman–Crippen LogP) is 4.32. The van der Waals surface area contributed by atoms with Crippen LogP contribution in [0.4, 0.5) is 5.69 Å². The highest BCUT2D eigenvalue weighted by Gasteiger charge is 2.14. The molecule has 1 aromatic carbocycles. The normalized spacial score (nSPS) is 10.3. The molecule has 0 radical (unpaired) electrons. The van der Waals surface area contributed by atoms with Gasteiger partial charge in [0.1, 0.15) is 6.61 Å². The molecule has 1 aromatic rings. The molecule has 0 saturated carbocycles. The lowest BCUT2D eigenvalue weighted by molar-refractivity contribution is -0.385. The zero-order chi connectivity index (χ0) is 19.2. The first kappa shape index (κ1) is 21.6. The molecule has 0 aliphatic carbocycles. The number of nitro groups is 1. The smallest absolute Gasteiger partial charge is 0.306 e. The van der Waals surface area contributed by atoms with Gasteiger partial charge in [-0.25, -0.2) is 0 Å². The van der Waals surface area contributed by atoms with E-state index >= 15 is 0 Å². The fraction of sp³-hybridized carbons (Fsp3) is 0.579. The molecule has 0 N–H and O–H groups in total. The van der Waals surface area contributed by atoms with E-state index in [0.717, 1.165) is 19.3 Å². The van der Waals surface area contributed by atoms with E-state index in [-0.39, 0.29) is 31.1 Å². The van der Waals surface area contributed by atoms with Crippen LogP contribution in [0.3, 0.4) is 0 Å². The van der Waals surface area contributed by atoms with Gasteiger partial charge in [0.25, 0.3) is 5.69 Å². The summed E-state index contributed by atoms with van der Waals surface area (Å²) in [6, 6.07) is 6.11. The number of para-hydroxylation sites is 1. The number of nitro benzene ring substituents is 1. The van der Waals surface area contributed by atoms with Crippen molar-refractivity contribution in [3.05, 3.63) is 39.9 Å². The van der Waals surface area contributed by atoms with Gasteiger partial charge in [0.05, 0.1) is 17.1 Å². The first-order valence-corrected chi connectivity index (χ1v) is 9.08. The van der Waals surface area contributed by atoms with E-state index in [1.807, 2.05) is 0 Å². The molecule has 0 aliphatic rings. The molecule has 7 heteroatoms. The Morgan fingerprint density at radius 2 is 1.62 bits per heavy atom. The molecule has 0 atom stereocenters. The minimum atomic E-state index is -0.512. The summed E-state index contributed by atoms with van der Waals surface area (Å²) in [6.45, 7) is 2.41. The third kappa shape index (κ3) is 9.15. The largest absolute Gasteiger partial charge is 0.466 e. The van der Waals surface area contributed by atoms with Crippen LogP contribution in [-0.2, 0) is 25.7 Å². The molecule has 0 bridgehead atoms. The van der Waals surface area contributed by atoms with Crippen molar-refractivity contribution in [3.8, 4) is 0 Å². The highest BCUT2D eigenvalue weighted by atomic mass is 16.6. The average Bonchev–Trinajstić information content (AvgIpc) is 2.63. The van der Waals surface area contributed by atoms with Gasteiger partial charge in [0, 0.05) is 18.9 Å². The van der Waals surface area contributed by atoms with Crippen molar-refractivity contribution in [1.29, 1.82) is 0 Å². The average molecular weight is 365 g/mol. The second-order valence-electron chi connectivity index (χ2n) is 6.03. The molecule has 0 fully saturated rings. The maximum atomic E-state index is 11.7. The van der Waals surface area contributed by atoms with E-state index in [9.17, 15) is 19.7 Å². The second kappa shape index (κ2) is 12.9. The number of esters is 2. The molecule has 0 aliphatic heterocycles. The maximum absolute atomic E-state index is 11.7. The van der Waals surface area contributed by atoms with Crippen LogP contribution >= 0.6 is 0 Å². The summed E-state index contributed by atoms with van der Waals surface area (Å²) in [6.07, 6.45) is 6.02. The zero-order valence-electron chi connectivity index (χ0n) is 15.3. The zero-order valence-corrected chi connectivity index (χ0v) is 15.3. The van der Waals surface area contributed by atoms with E-state index in [2.05, 4.69) is 6.92 Å². The van der Waals surface area contributed by atoms with Crippen LogP contribution in [0.1, 0.15) is 63.9 Å². The molecule has 0 aromatic heterocycles. The summed E-state index contributed by atoms with van der Waals surface area (Å²) >= 11 is 0. The standard InChI is InChI=1S/C19H27NO6/c1-2-3-4-5-8-14-25-18(21)12-9-13-19(22)26-15-16-10-6-7-11-17(16)20(23)24/h6-7,10-11H,2-5,8-9,12-15H2,1H3. The fourth-order valence-corrected chi connectivity index (χ4v) is 2.38. The van der Waals surface area contributed by atoms with Crippen LogP contribution in [0, 0.1) is 10.1 Å². The van der Waals surface area contributed by atoms with Gasteiger partial charge in [-0.05, 0) is 18.9 Å². The van der Waals surface area contributed by atoms with Crippen LogP contribution in [0.25, 0.3) is 0 Å². The lowest BCUT2D eigenvalue weighted by atomic mass is 10.2. The summed E-state index contributed by atoms with van der Waals surface area (Å²) in [5.74, 6) is -0.803. The third-order valence-electron chi connectivity index (χ3n) is 3.85. The summed E-state index contributed by atoms with van der Waals surface area (Å²) in [5, 5.41) is 10.9. The van der Waals surface area contributed by atoms with Crippen LogP contribution in [0.15, 0.2) is 24.3 Å². The molecule has 1 rings (SSSR count). The van der Waals surface area contributed by atoms with Gasteiger partial charge in [0.15, 0.2) is 0 Å². The number of ether oxygens (including phenoxy) is 2. The molecule has 0 heterocycles. The van der Waals surface area contributed by atoms with Crippen LogP contribution in [0.2, 0.25) is 0 Å². The van der Waals surface area contributed by atoms with E-state index in [4.69, 9.17) is 9.47 Å². The Hall–Kier alpha value is -2.44. The number of rotatable bonds is 13. The molecule has 0 unspecified atom stereocenters. The van der Waals surface area contributed by atoms with Gasteiger partial charge in [-0.1, -0.05) is 44.7 Å². The van der Waals surface area contributed by atoms with Crippen molar-refractivity contribution in [1.82, 2.24) is 0 Å². The molecule has 0 saturated heterocycles. The summed E-state index contributed by atoms with van der Waals surface area (Å²) in [5.41, 5.74) is 0.260. The number of nitrogens with zero attached hydrogens (tertiary/aromatic N) is 1. The van der Waals surface area contributed by atoms with Crippen molar-refractivity contribution < 1.29 is 24.0 Å². The van der Waals surface area contributed by atoms with E-state index in [0.29, 0.717) is 18.6 Å². The predicted molar refractivity (Wildman–Crippen MR) is 96.5 cm³/mol. The Bertz CT molecular complexity index is 587. The van der Waals surface area contributed by atoms with E-state index < -0.39 is 10.9 Å². The molecule has 7 nitrogen and oxygen atoms in total. The maximum Gasteiger partial charge on any atom is 0.306 e. The SMILES string of the molecule is CCCCCCCOC(=O)CCCC(=O)OCc1ccccc1[N+](=O)[O-]. The molecule has 0 spiro atoms. The summed E-state index contributed by atoms with van der Waals surface area (Å²) in [7, 11) is 0. The van der Waals surface area contributed by atoms with Gasteiger partial charge >= 0.3 is 11.9 Å². The van der Waals surface area contributed by atoms with Gasteiger partial charge in [0.2, 0.25) is 0 Å². The van der Waals surface area contributed by atoms with E-state index in [1.165, 1.54) is 18.9 Å². The van der Waals surface area contributed by atoms with Gasteiger partial charge in [-0.2, -0.15) is 0 Å². The topological polar surface area (TPSA) is 95.7 Å². The monoisotopic (exact) mass is 365 g/mol. The lowest BCUT2D eigenvalue weighted by Gasteiger charge is -2.06. The molecule has 0 amide bonds. The summed E-state index contributed by atoms with van der Waals surface area (Å²) < 4.78 is 10.2. The van der Waals surface area contributed by atoms with Crippen molar-refractivity contribution in [2.75, 3.05) is 6.61 Å². The van der Waals surface area contributed by atoms with Gasteiger partial charge < -0.3 is 9.47 Å². The highest BCUT2D eigenvalue weighted by molar-refractivity contribution is 5.72. The van der Waals surface area contributed by atoms with Crippen LogP contribution in [-0.4, -0.2) is 23.5 Å². The molecule has 144 valence electrons. The van der Waals surface area contributed by atoms with Gasteiger partial charge in [-0.15, -0.1) is 0 Å². The minimum absolute atomic E-state index is 0.0756. The van der Waals surface area contributed by atoms with Crippen LogP contribution < -0.4 is 0 Å². The highest BCUT2D eigenvalue weighted by Crippen LogP contribution is 2.18. The fourth-order valence-electron chi connectivity index (χ4n) is 2.38. The summed E-state index contributed by atoms with van der Waals surface area (Å²) in [4.78, 5) is 33.6. The van der Waals surface area contributed by atoms with Gasteiger partial charge in [-0.3, -0.25) is 19.7 Å². The number of hydrogen-bond donors (Lipinski definition) is 0. The van der Waals surface area contributed by atoms with Crippen molar-refractivity contribution in [3.63, 3.8) is 0 Å². The molecular formula is C19H27NO6. The van der Waals surface area contributed by atoms with Crippen LogP contribution in [0.5, 0.6) is 0 Å². The first-order chi connectivity index (χ1) is 12.5. The second-order valence-corrected chi connectivity index (χ2v) is 6.03. The Morgan fingerprint density at radius 1 is 0.962 bits per heavy atom. The van der Waals surface area contributed by atoms with Crippen molar-refractivity contribution >= 4 is 17.6 Å². The molecule has 26 heavy (non-hydrogen) atoms. The Kier molecular flexibility index (Phi) is 10.7. The Morgan fingerprint density at radius 3 is 2.31 bits per heavy atom. The molecular weight excluding hydrogens is 338 g/mol. The first-order valence-electron chi connectivity index (χ1n) is 9.08. The number of hydrogen-bond acceptors (Lipinski definition) is 6. The lowest BCUT2D eigenvalue weighted by Crippen LogP contribution is -2.09. The minimum Gasteiger partial charge on any atom is -0.466 e. The third-order valence-corrected chi connectivity index (χ3v) is 3.85. The Balaban J connectivity index is 2.15. The van der Waals surface area contributed by atoms with E-state index in [1.54, 1.807) is 18.2 Å². The van der Waals surface area contributed by atoms with Crippen molar-refractivity contribution in [2.45, 2.75) is 64.9 Å². The number of carbonyl (C=O) groups is 2.